The predicted molar refractivity (Wildman–Crippen MR) is 121 cm³/mol. The zero-order valence-corrected chi connectivity index (χ0v) is 18.9. The fraction of sp³-hybridized carbons (Fsp3) is 0.652. The van der Waals surface area contributed by atoms with Crippen LogP contribution in [0.5, 0.6) is 0 Å². The van der Waals surface area contributed by atoms with Crippen molar-refractivity contribution in [2.45, 2.75) is 65.5 Å². The highest BCUT2D eigenvalue weighted by Gasteiger charge is 2.28. The Bertz CT molecular complexity index is 941. The third-order valence-corrected chi connectivity index (χ3v) is 6.94. The Kier molecular flexibility index (Phi) is 6.43. The molecule has 0 unspecified atom stereocenters. The van der Waals surface area contributed by atoms with Gasteiger partial charge in [0.2, 0.25) is 5.91 Å². The molecule has 8 heteroatoms. The van der Waals surface area contributed by atoms with Crippen molar-refractivity contribution in [3.05, 3.63) is 18.0 Å². The highest BCUT2D eigenvalue weighted by molar-refractivity contribution is 6.06. The lowest BCUT2D eigenvalue weighted by Gasteiger charge is -2.35. The number of carbonyl (C=O) groups excluding carboxylic acids is 2. The molecule has 1 atom stereocenters. The molecule has 2 aromatic heterocycles. The smallest absolute Gasteiger partial charge is 0.257 e. The number of nitrogens with zero attached hydrogens (tertiary/aromatic N) is 5. The van der Waals surface area contributed by atoms with Gasteiger partial charge in [-0.25, -0.2) is 9.67 Å². The Morgan fingerprint density at radius 1 is 1.10 bits per heavy atom. The van der Waals surface area contributed by atoms with Crippen LogP contribution in [0.2, 0.25) is 0 Å². The summed E-state index contributed by atoms with van der Waals surface area (Å²) >= 11 is 0. The molecule has 0 aromatic carbocycles. The molecule has 1 saturated heterocycles. The second-order valence-electron chi connectivity index (χ2n) is 8.87. The number of amides is 2. The SMILES string of the molecule is CCn1ncc2c(N[C@H](C)C3CCCCC3)c(C(=O)N3CCN(C(C)=O)CC3)cnc21. The van der Waals surface area contributed by atoms with Crippen molar-refractivity contribution in [2.24, 2.45) is 5.92 Å². The molecule has 31 heavy (non-hydrogen) atoms. The largest absolute Gasteiger partial charge is 0.381 e. The molecule has 8 nitrogen and oxygen atoms in total. The number of piperazine rings is 1. The maximum atomic E-state index is 13.5. The zero-order chi connectivity index (χ0) is 22.0. The Balaban J connectivity index is 1.63. The number of anilines is 1. The number of fused-ring (bicyclic) bond motifs is 1. The van der Waals surface area contributed by atoms with Crippen molar-refractivity contribution < 1.29 is 9.59 Å². The van der Waals surface area contributed by atoms with Gasteiger partial charge >= 0.3 is 0 Å². The molecule has 2 amide bonds. The zero-order valence-electron chi connectivity index (χ0n) is 18.9. The van der Waals surface area contributed by atoms with Gasteiger partial charge in [-0.05, 0) is 32.6 Å². The molecule has 4 rings (SSSR count). The first-order valence-corrected chi connectivity index (χ1v) is 11.7. The lowest BCUT2D eigenvalue weighted by molar-refractivity contribution is -0.130. The van der Waals surface area contributed by atoms with Gasteiger partial charge < -0.3 is 15.1 Å². The van der Waals surface area contributed by atoms with E-state index in [0.717, 1.165) is 23.3 Å². The summed E-state index contributed by atoms with van der Waals surface area (Å²) in [6.07, 6.45) is 9.87. The molecule has 2 fully saturated rings. The number of carbonyl (C=O) groups is 2. The van der Waals surface area contributed by atoms with E-state index in [1.165, 1.54) is 32.1 Å². The van der Waals surface area contributed by atoms with Crippen molar-refractivity contribution in [2.75, 3.05) is 31.5 Å². The van der Waals surface area contributed by atoms with Crippen molar-refractivity contribution in [1.29, 1.82) is 0 Å². The van der Waals surface area contributed by atoms with E-state index in [1.807, 2.05) is 22.7 Å². The van der Waals surface area contributed by atoms with Crippen LogP contribution < -0.4 is 5.32 Å². The molecule has 0 bridgehead atoms. The third-order valence-electron chi connectivity index (χ3n) is 6.94. The number of hydrogen-bond donors (Lipinski definition) is 1. The summed E-state index contributed by atoms with van der Waals surface area (Å²) in [4.78, 5) is 33.4. The monoisotopic (exact) mass is 426 g/mol. The minimum absolute atomic E-state index is 0.0276. The molecule has 1 saturated carbocycles. The van der Waals surface area contributed by atoms with Crippen LogP contribution in [-0.2, 0) is 11.3 Å². The van der Waals surface area contributed by atoms with E-state index in [0.29, 0.717) is 37.7 Å². The van der Waals surface area contributed by atoms with E-state index >= 15 is 0 Å². The topological polar surface area (TPSA) is 83.4 Å². The van der Waals surface area contributed by atoms with E-state index in [1.54, 1.807) is 18.0 Å². The van der Waals surface area contributed by atoms with Crippen molar-refractivity contribution in [3.8, 4) is 0 Å². The van der Waals surface area contributed by atoms with Gasteiger partial charge in [0.15, 0.2) is 5.65 Å². The standard InChI is InChI=1S/C23H34N6O2/c1-4-29-22-19(15-25-29)21(26-16(2)18-8-6-5-7-9-18)20(14-24-22)23(31)28-12-10-27(11-13-28)17(3)30/h14-16,18H,4-13H2,1-3H3,(H,24,26)/t16-/m1/s1. The van der Waals surface area contributed by atoms with E-state index in [-0.39, 0.29) is 17.9 Å². The maximum absolute atomic E-state index is 13.5. The Hall–Kier alpha value is -2.64. The molecule has 2 aliphatic rings. The average Bonchev–Trinajstić information content (AvgIpc) is 3.23. The van der Waals surface area contributed by atoms with E-state index < -0.39 is 0 Å². The summed E-state index contributed by atoms with van der Waals surface area (Å²) in [5.74, 6) is 0.645. The molecular weight excluding hydrogens is 392 g/mol. The van der Waals surface area contributed by atoms with E-state index in [9.17, 15) is 9.59 Å². The molecular formula is C23H34N6O2. The van der Waals surface area contributed by atoms with Gasteiger partial charge in [-0.15, -0.1) is 0 Å². The number of hydrogen-bond acceptors (Lipinski definition) is 5. The molecule has 0 spiro atoms. The van der Waals surface area contributed by atoms with Gasteiger partial charge in [-0.3, -0.25) is 9.59 Å². The Morgan fingerprint density at radius 3 is 2.42 bits per heavy atom. The second-order valence-corrected chi connectivity index (χ2v) is 8.87. The van der Waals surface area contributed by atoms with Gasteiger partial charge in [0, 0.05) is 51.9 Å². The summed E-state index contributed by atoms with van der Waals surface area (Å²) in [5, 5.41) is 9.08. The van der Waals surface area contributed by atoms with Crippen LogP contribution in [0.3, 0.4) is 0 Å². The number of aromatic nitrogens is 3. The van der Waals surface area contributed by atoms with Crippen LogP contribution in [0.4, 0.5) is 5.69 Å². The summed E-state index contributed by atoms with van der Waals surface area (Å²) < 4.78 is 1.87. The van der Waals surface area contributed by atoms with Crippen LogP contribution in [0.15, 0.2) is 12.4 Å². The van der Waals surface area contributed by atoms with Crippen molar-refractivity contribution in [1.82, 2.24) is 24.6 Å². The van der Waals surface area contributed by atoms with Crippen molar-refractivity contribution >= 4 is 28.5 Å². The van der Waals surface area contributed by atoms with Crippen LogP contribution in [0.25, 0.3) is 11.0 Å². The molecule has 3 heterocycles. The summed E-state index contributed by atoms with van der Waals surface area (Å²) in [6.45, 7) is 8.82. The van der Waals surface area contributed by atoms with Gasteiger partial charge in [-0.2, -0.15) is 5.10 Å². The minimum atomic E-state index is -0.0276. The molecule has 1 aliphatic carbocycles. The highest BCUT2D eigenvalue weighted by Crippen LogP contribution is 2.32. The normalized spacial score (nSPS) is 18.9. The number of nitrogens with one attached hydrogen (secondary N) is 1. The number of rotatable bonds is 5. The maximum Gasteiger partial charge on any atom is 0.257 e. The highest BCUT2D eigenvalue weighted by atomic mass is 16.2. The molecule has 1 aliphatic heterocycles. The van der Waals surface area contributed by atoms with Crippen LogP contribution in [0.1, 0.15) is 63.2 Å². The van der Waals surface area contributed by atoms with E-state index in [2.05, 4.69) is 22.3 Å². The number of aryl methyl sites for hydroxylation is 1. The van der Waals surface area contributed by atoms with Gasteiger partial charge in [0.1, 0.15) is 0 Å². The fourth-order valence-corrected chi connectivity index (χ4v) is 4.95. The molecule has 168 valence electrons. The minimum Gasteiger partial charge on any atom is -0.381 e. The number of pyridine rings is 1. The van der Waals surface area contributed by atoms with Crippen molar-refractivity contribution in [3.63, 3.8) is 0 Å². The average molecular weight is 427 g/mol. The lowest BCUT2D eigenvalue weighted by Crippen LogP contribution is -2.50. The lowest BCUT2D eigenvalue weighted by atomic mass is 9.84. The van der Waals surface area contributed by atoms with Crippen LogP contribution in [0, 0.1) is 5.92 Å². The second kappa shape index (κ2) is 9.24. The fourth-order valence-electron chi connectivity index (χ4n) is 4.95. The predicted octanol–water partition coefficient (Wildman–Crippen LogP) is 3.14. The van der Waals surface area contributed by atoms with Gasteiger partial charge in [0.25, 0.3) is 5.91 Å². The van der Waals surface area contributed by atoms with Crippen LogP contribution in [-0.4, -0.2) is 68.6 Å². The van der Waals surface area contributed by atoms with E-state index in [4.69, 9.17) is 0 Å². The Morgan fingerprint density at radius 2 is 1.77 bits per heavy atom. The van der Waals surface area contributed by atoms with Gasteiger partial charge in [-0.1, -0.05) is 19.3 Å². The molecule has 2 aromatic rings. The third kappa shape index (κ3) is 4.38. The first-order chi connectivity index (χ1) is 15.0. The first kappa shape index (κ1) is 21.6. The quantitative estimate of drug-likeness (QED) is 0.794. The van der Waals surface area contributed by atoms with Crippen LogP contribution >= 0.6 is 0 Å². The van der Waals surface area contributed by atoms with Gasteiger partial charge in [0.05, 0.1) is 22.8 Å². The Labute approximate surface area is 184 Å². The molecule has 0 radical (unpaired) electrons. The summed E-state index contributed by atoms with van der Waals surface area (Å²) in [6, 6.07) is 0.275. The summed E-state index contributed by atoms with van der Waals surface area (Å²) in [5.41, 5.74) is 2.25. The first-order valence-electron chi connectivity index (χ1n) is 11.7. The molecule has 1 N–H and O–H groups in total. The summed E-state index contributed by atoms with van der Waals surface area (Å²) in [7, 11) is 0.